The van der Waals surface area contributed by atoms with Gasteiger partial charge in [0.05, 0.1) is 11.0 Å². The maximum absolute atomic E-state index is 11.1. The zero-order valence-electron chi connectivity index (χ0n) is 10.7. The molecule has 5 nitrogen and oxygen atoms in total. The summed E-state index contributed by atoms with van der Waals surface area (Å²) in [5.41, 5.74) is 0.647. The van der Waals surface area contributed by atoms with E-state index in [9.17, 15) is 10.1 Å². The van der Waals surface area contributed by atoms with E-state index in [0.717, 1.165) is 12.8 Å². The summed E-state index contributed by atoms with van der Waals surface area (Å²) in [6, 6.07) is 3.11. The Labute approximate surface area is 116 Å². The van der Waals surface area contributed by atoms with E-state index in [4.69, 9.17) is 21.1 Å². The standard InChI is InChI=1S/C13H16ClNO4/c1-2-3-10(14)6-9-7-12-13(19-5-4-18-12)8-11(9)15(16)17/h7-8,10H,2-6H2,1H3. The first-order valence-corrected chi connectivity index (χ1v) is 6.76. The molecule has 104 valence electrons. The van der Waals surface area contributed by atoms with E-state index >= 15 is 0 Å². The average molecular weight is 286 g/mol. The van der Waals surface area contributed by atoms with Crippen LogP contribution in [-0.2, 0) is 6.42 Å². The lowest BCUT2D eigenvalue weighted by atomic mass is 10.0. The van der Waals surface area contributed by atoms with E-state index < -0.39 is 4.92 Å². The van der Waals surface area contributed by atoms with Crippen molar-refractivity contribution in [2.45, 2.75) is 31.6 Å². The number of alkyl halides is 1. The third-order valence-corrected chi connectivity index (χ3v) is 3.36. The lowest BCUT2D eigenvalue weighted by molar-refractivity contribution is -0.385. The van der Waals surface area contributed by atoms with Crippen molar-refractivity contribution in [2.24, 2.45) is 0 Å². The smallest absolute Gasteiger partial charge is 0.276 e. The molecule has 1 aromatic carbocycles. The molecule has 0 amide bonds. The molecular weight excluding hydrogens is 270 g/mol. The molecule has 0 aliphatic carbocycles. The second kappa shape index (κ2) is 6.10. The van der Waals surface area contributed by atoms with Gasteiger partial charge in [-0.3, -0.25) is 10.1 Å². The van der Waals surface area contributed by atoms with Crippen LogP contribution in [0.3, 0.4) is 0 Å². The highest BCUT2D eigenvalue weighted by molar-refractivity contribution is 6.20. The van der Waals surface area contributed by atoms with E-state index in [0.29, 0.717) is 36.7 Å². The van der Waals surface area contributed by atoms with Crippen molar-refractivity contribution in [3.05, 3.63) is 27.8 Å². The van der Waals surface area contributed by atoms with Crippen LogP contribution in [0.15, 0.2) is 12.1 Å². The van der Waals surface area contributed by atoms with Gasteiger partial charge in [-0.25, -0.2) is 0 Å². The molecule has 1 unspecified atom stereocenters. The second-order valence-electron chi connectivity index (χ2n) is 4.47. The number of nitro benzene ring substituents is 1. The summed E-state index contributed by atoms with van der Waals surface area (Å²) in [6.07, 6.45) is 2.24. The molecule has 0 fully saturated rings. The molecule has 6 heteroatoms. The summed E-state index contributed by atoms with van der Waals surface area (Å²) < 4.78 is 10.8. The van der Waals surface area contributed by atoms with Crippen molar-refractivity contribution in [3.8, 4) is 11.5 Å². The van der Waals surface area contributed by atoms with E-state index in [2.05, 4.69) is 0 Å². The van der Waals surface area contributed by atoms with Crippen molar-refractivity contribution in [2.75, 3.05) is 13.2 Å². The topological polar surface area (TPSA) is 61.6 Å². The van der Waals surface area contributed by atoms with Crippen molar-refractivity contribution in [1.29, 1.82) is 0 Å². The average Bonchev–Trinajstić information content (AvgIpc) is 2.38. The van der Waals surface area contributed by atoms with Crippen molar-refractivity contribution < 1.29 is 14.4 Å². The van der Waals surface area contributed by atoms with Gasteiger partial charge in [0.1, 0.15) is 13.2 Å². The fourth-order valence-corrected chi connectivity index (χ4v) is 2.49. The predicted octanol–water partition coefficient (Wildman–Crippen LogP) is 3.32. The number of rotatable bonds is 5. The summed E-state index contributed by atoms with van der Waals surface area (Å²) in [5, 5.41) is 11.0. The number of hydrogen-bond donors (Lipinski definition) is 0. The summed E-state index contributed by atoms with van der Waals surface area (Å²) in [6.45, 7) is 2.91. The highest BCUT2D eigenvalue weighted by Crippen LogP contribution is 2.37. The first kappa shape index (κ1) is 13.9. The van der Waals surface area contributed by atoms with Gasteiger partial charge in [0.15, 0.2) is 11.5 Å². The third kappa shape index (κ3) is 3.29. The number of halogens is 1. The van der Waals surface area contributed by atoms with Gasteiger partial charge in [-0.15, -0.1) is 11.6 Å². The van der Waals surface area contributed by atoms with Crippen LogP contribution in [0.2, 0.25) is 0 Å². The molecule has 0 saturated heterocycles. The Hall–Kier alpha value is -1.49. The third-order valence-electron chi connectivity index (χ3n) is 2.98. The van der Waals surface area contributed by atoms with Crippen LogP contribution in [0.5, 0.6) is 11.5 Å². The molecule has 0 radical (unpaired) electrons. The lowest BCUT2D eigenvalue weighted by Gasteiger charge is -2.19. The normalized spacial score (nSPS) is 15.1. The number of ether oxygens (including phenoxy) is 2. The van der Waals surface area contributed by atoms with Crippen LogP contribution in [0.4, 0.5) is 5.69 Å². The Morgan fingerprint density at radius 1 is 1.37 bits per heavy atom. The Balaban J connectivity index is 2.31. The minimum atomic E-state index is -0.400. The van der Waals surface area contributed by atoms with Gasteiger partial charge >= 0.3 is 0 Å². The molecular formula is C13H16ClNO4. The van der Waals surface area contributed by atoms with Crippen LogP contribution >= 0.6 is 11.6 Å². The molecule has 0 N–H and O–H groups in total. The molecule has 1 aromatic rings. The maximum Gasteiger partial charge on any atom is 0.276 e. The van der Waals surface area contributed by atoms with E-state index in [-0.39, 0.29) is 11.1 Å². The number of fused-ring (bicyclic) bond motifs is 1. The summed E-state index contributed by atoms with van der Waals surface area (Å²) in [4.78, 5) is 10.7. The molecule has 0 aromatic heterocycles. The maximum atomic E-state index is 11.1. The molecule has 0 saturated carbocycles. The number of hydrogen-bond acceptors (Lipinski definition) is 4. The first-order chi connectivity index (χ1) is 9.11. The van der Waals surface area contributed by atoms with Crippen LogP contribution in [-0.4, -0.2) is 23.5 Å². The predicted molar refractivity (Wildman–Crippen MR) is 72.3 cm³/mol. The van der Waals surface area contributed by atoms with E-state index in [1.807, 2.05) is 6.92 Å². The molecule has 1 atom stereocenters. The Bertz CT molecular complexity index is 478. The molecule has 2 rings (SSSR count). The number of nitrogens with zero attached hydrogens (tertiary/aromatic N) is 1. The molecule has 1 aliphatic rings. The van der Waals surface area contributed by atoms with Crippen LogP contribution in [0.1, 0.15) is 25.3 Å². The van der Waals surface area contributed by atoms with Crippen LogP contribution in [0, 0.1) is 10.1 Å². The van der Waals surface area contributed by atoms with Crippen LogP contribution < -0.4 is 9.47 Å². The quantitative estimate of drug-likeness (QED) is 0.473. The highest BCUT2D eigenvalue weighted by Gasteiger charge is 2.23. The Morgan fingerprint density at radius 3 is 2.58 bits per heavy atom. The van der Waals surface area contributed by atoms with Crippen molar-refractivity contribution >= 4 is 17.3 Å². The van der Waals surface area contributed by atoms with Crippen LogP contribution in [0.25, 0.3) is 0 Å². The summed E-state index contributed by atoms with van der Waals surface area (Å²) >= 11 is 6.18. The van der Waals surface area contributed by atoms with Gasteiger partial charge in [-0.2, -0.15) is 0 Å². The Morgan fingerprint density at radius 2 is 2.00 bits per heavy atom. The first-order valence-electron chi connectivity index (χ1n) is 6.32. The zero-order chi connectivity index (χ0) is 13.8. The number of nitro groups is 1. The number of benzene rings is 1. The van der Waals surface area contributed by atoms with Crippen molar-refractivity contribution in [1.82, 2.24) is 0 Å². The SMILES string of the molecule is CCCC(Cl)Cc1cc2c(cc1[N+](=O)[O-])OCCO2. The zero-order valence-corrected chi connectivity index (χ0v) is 11.5. The van der Waals surface area contributed by atoms with Gasteiger partial charge in [-0.05, 0) is 18.9 Å². The molecule has 1 heterocycles. The van der Waals surface area contributed by atoms with Gasteiger partial charge in [0.2, 0.25) is 0 Å². The fourth-order valence-electron chi connectivity index (χ4n) is 2.11. The second-order valence-corrected chi connectivity index (χ2v) is 5.09. The van der Waals surface area contributed by atoms with Gasteiger partial charge in [0.25, 0.3) is 5.69 Å². The molecule has 0 spiro atoms. The van der Waals surface area contributed by atoms with Gasteiger partial charge < -0.3 is 9.47 Å². The molecule has 1 aliphatic heterocycles. The van der Waals surface area contributed by atoms with Crippen molar-refractivity contribution in [3.63, 3.8) is 0 Å². The highest BCUT2D eigenvalue weighted by atomic mass is 35.5. The molecule has 0 bridgehead atoms. The van der Waals surface area contributed by atoms with E-state index in [1.165, 1.54) is 6.07 Å². The molecule has 19 heavy (non-hydrogen) atoms. The van der Waals surface area contributed by atoms with Gasteiger partial charge in [0, 0.05) is 10.9 Å². The van der Waals surface area contributed by atoms with Gasteiger partial charge in [-0.1, -0.05) is 13.3 Å². The van der Waals surface area contributed by atoms with E-state index in [1.54, 1.807) is 6.07 Å². The minimum Gasteiger partial charge on any atom is -0.486 e. The summed E-state index contributed by atoms with van der Waals surface area (Å²) in [5.74, 6) is 0.996. The minimum absolute atomic E-state index is 0.0472. The monoisotopic (exact) mass is 285 g/mol. The lowest BCUT2D eigenvalue weighted by Crippen LogP contribution is -2.16. The largest absolute Gasteiger partial charge is 0.486 e. The summed E-state index contributed by atoms with van der Waals surface area (Å²) in [7, 11) is 0. The fraction of sp³-hybridized carbons (Fsp3) is 0.538. The Kier molecular flexibility index (Phi) is 4.47.